The van der Waals surface area contributed by atoms with Gasteiger partial charge in [-0.3, -0.25) is 9.67 Å². The standard InChI is InChI=1S/C17H31N5O2.HI/c1-15(12-22-8-3-7-21-22)11-20-17(18-2)19-6-4-9-23-13-16-5-10-24-14-16;/h3,7-8,15-16H,4-6,9-14H2,1-2H3,(H2,18,19,20);1H. The van der Waals surface area contributed by atoms with E-state index in [0.717, 1.165) is 64.9 Å². The number of hydrogen-bond acceptors (Lipinski definition) is 4. The predicted octanol–water partition coefficient (Wildman–Crippen LogP) is 1.75. The summed E-state index contributed by atoms with van der Waals surface area (Å²) in [7, 11) is 1.80. The maximum atomic E-state index is 5.70. The largest absolute Gasteiger partial charge is 0.381 e. The first-order valence-electron chi connectivity index (χ1n) is 8.85. The molecule has 0 radical (unpaired) electrons. The zero-order valence-electron chi connectivity index (χ0n) is 15.3. The van der Waals surface area contributed by atoms with Crippen LogP contribution in [0.4, 0.5) is 0 Å². The minimum atomic E-state index is 0. The number of rotatable bonds is 10. The third kappa shape index (κ3) is 9.41. The van der Waals surface area contributed by atoms with Gasteiger partial charge in [0.25, 0.3) is 0 Å². The van der Waals surface area contributed by atoms with Gasteiger partial charge in [0.2, 0.25) is 0 Å². The molecule has 1 aromatic rings. The van der Waals surface area contributed by atoms with Crippen LogP contribution in [0.1, 0.15) is 19.8 Å². The lowest BCUT2D eigenvalue weighted by Gasteiger charge is -2.16. The first-order chi connectivity index (χ1) is 11.8. The predicted molar refractivity (Wildman–Crippen MR) is 111 cm³/mol. The van der Waals surface area contributed by atoms with Crippen molar-refractivity contribution < 1.29 is 9.47 Å². The van der Waals surface area contributed by atoms with E-state index in [2.05, 4.69) is 27.6 Å². The van der Waals surface area contributed by atoms with Crippen molar-refractivity contribution in [3.63, 3.8) is 0 Å². The molecule has 7 nitrogen and oxygen atoms in total. The summed E-state index contributed by atoms with van der Waals surface area (Å²) in [6.45, 7) is 8.14. The van der Waals surface area contributed by atoms with E-state index in [4.69, 9.17) is 9.47 Å². The lowest BCUT2D eigenvalue weighted by molar-refractivity contribution is 0.0888. The van der Waals surface area contributed by atoms with Crippen LogP contribution in [-0.2, 0) is 16.0 Å². The van der Waals surface area contributed by atoms with E-state index < -0.39 is 0 Å². The zero-order chi connectivity index (χ0) is 17.0. The summed E-state index contributed by atoms with van der Waals surface area (Å²) in [4.78, 5) is 4.25. The number of nitrogens with one attached hydrogen (secondary N) is 2. The fourth-order valence-corrected chi connectivity index (χ4v) is 2.63. The van der Waals surface area contributed by atoms with Gasteiger partial charge in [-0.25, -0.2) is 0 Å². The van der Waals surface area contributed by atoms with E-state index in [0.29, 0.717) is 11.8 Å². The van der Waals surface area contributed by atoms with Crippen molar-refractivity contribution in [2.24, 2.45) is 16.8 Å². The van der Waals surface area contributed by atoms with Crippen molar-refractivity contribution in [1.29, 1.82) is 0 Å². The SMILES string of the molecule is CN=C(NCCCOCC1CCOC1)NCC(C)Cn1cccn1.I. The number of hydrogen-bond donors (Lipinski definition) is 2. The molecule has 2 atom stereocenters. The van der Waals surface area contributed by atoms with E-state index in [9.17, 15) is 0 Å². The molecule has 144 valence electrons. The monoisotopic (exact) mass is 465 g/mol. The van der Waals surface area contributed by atoms with E-state index in [-0.39, 0.29) is 24.0 Å². The van der Waals surface area contributed by atoms with Gasteiger partial charge in [-0.1, -0.05) is 6.92 Å². The Balaban J connectivity index is 0.00000312. The van der Waals surface area contributed by atoms with Crippen molar-refractivity contribution in [2.45, 2.75) is 26.3 Å². The van der Waals surface area contributed by atoms with Crippen LogP contribution >= 0.6 is 24.0 Å². The second-order valence-corrected chi connectivity index (χ2v) is 6.37. The van der Waals surface area contributed by atoms with Gasteiger partial charge in [-0.15, -0.1) is 24.0 Å². The molecular formula is C17H32IN5O2. The van der Waals surface area contributed by atoms with E-state index in [1.165, 1.54) is 0 Å². The number of guanidine groups is 1. The van der Waals surface area contributed by atoms with Crippen LogP contribution in [0.25, 0.3) is 0 Å². The lowest BCUT2D eigenvalue weighted by Crippen LogP contribution is -2.40. The van der Waals surface area contributed by atoms with Gasteiger partial charge >= 0.3 is 0 Å². The summed E-state index contributed by atoms with van der Waals surface area (Å²) < 4.78 is 13.0. The molecule has 8 heteroatoms. The van der Waals surface area contributed by atoms with Crippen LogP contribution in [-0.4, -0.2) is 62.3 Å². The van der Waals surface area contributed by atoms with Gasteiger partial charge in [0.05, 0.1) is 13.2 Å². The van der Waals surface area contributed by atoms with Crippen molar-refractivity contribution >= 4 is 29.9 Å². The third-order valence-corrected chi connectivity index (χ3v) is 4.03. The van der Waals surface area contributed by atoms with Gasteiger partial charge in [0.1, 0.15) is 0 Å². The molecule has 1 aromatic heterocycles. The molecule has 0 spiro atoms. The van der Waals surface area contributed by atoms with Crippen molar-refractivity contribution in [3.05, 3.63) is 18.5 Å². The summed E-state index contributed by atoms with van der Waals surface area (Å²) in [5, 5.41) is 10.9. The highest BCUT2D eigenvalue weighted by atomic mass is 127. The topological polar surface area (TPSA) is 72.7 Å². The fourth-order valence-electron chi connectivity index (χ4n) is 2.63. The fraction of sp³-hybridized carbons (Fsp3) is 0.765. The molecule has 0 bridgehead atoms. The molecule has 2 N–H and O–H groups in total. The average molecular weight is 465 g/mol. The van der Waals surface area contributed by atoms with Crippen LogP contribution in [0.15, 0.2) is 23.5 Å². The molecule has 1 fully saturated rings. The number of aromatic nitrogens is 2. The summed E-state index contributed by atoms with van der Waals surface area (Å²) in [6.07, 6.45) is 5.90. The van der Waals surface area contributed by atoms with Gasteiger partial charge in [-0.2, -0.15) is 5.10 Å². The maximum Gasteiger partial charge on any atom is 0.190 e. The highest BCUT2D eigenvalue weighted by molar-refractivity contribution is 14.0. The quantitative estimate of drug-likeness (QED) is 0.239. The Hall–Kier alpha value is -0.870. The van der Waals surface area contributed by atoms with E-state index >= 15 is 0 Å². The van der Waals surface area contributed by atoms with Crippen molar-refractivity contribution in [2.75, 3.05) is 46.6 Å². The smallest absolute Gasteiger partial charge is 0.190 e. The van der Waals surface area contributed by atoms with Crippen LogP contribution in [0.5, 0.6) is 0 Å². The minimum Gasteiger partial charge on any atom is -0.381 e. The molecule has 2 unspecified atom stereocenters. The summed E-state index contributed by atoms with van der Waals surface area (Å²) in [6, 6.07) is 1.95. The Labute approximate surface area is 168 Å². The molecule has 2 rings (SSSR count). The summed E-state index contributed by atoms with van der Waals surface area (Å²) in [5.41, 5.74) is 0. The summed E-state index contributed by atoms with van der Waals surface area (Å²) >= 11 is 0. The molecule has 0 amide bonds. The van der Waals surface area contributed by atoms with Crippen molar-refractivity contribution in [3.8, 4) is 0 Å². The second-order valence-electron chi connectivity index (χ2n) is 6.37. The van der Waals surface area contributed by atoms with Gasteiger partial charge in [0, 0.05) is 58.2 Å². The number of aliphatic imine (C=N–C) groups is 1. The van der Waals surface area contributed by atoms with Crippen LogP contribution in [0.2, 0.25) is 0 Å². The molecule has 0 aromatic carbocycles. The zero-order valence-corrected chi connectivity index (χ0v) is 17.6. The molecule has 1 saturated heterocycles. The molecule has 1 aliphatic heterocycles. The van der Waals surface area contributed by atoms with Crippen LogP contribution in [0, 0.1) is 11.8 Å². The molecule has 1 aliphatic rings. The molecule has 0 saturated carbocycles. The Kier molecular flexibility index (Phi) is 11.8. The molecule has 2 heterocycles. The Morgan fingerprint density at radius 1 is 1.48 bits per heavy atom. The first kappa shape index (κ1) is 22.2. The first-order valence-corrected chi connectivity index (χ1v) is 8.85. The Bertz CT molecular complexity index is 464. The number of nitrogens with zero attached hydrogens (tertiary/aromatic N) is 3. The highest BCUT2D eigenvalue weighted by Gasteiger charge is 2.15. The maximum absolute atomic E-state index is 5.70. The van der Waals surface area contributed by atoms with Gasteiger partial charge in [0.15, 0.2) is 5.96 Å². The lowest BCUT2D eigenvalue weighted by atomic mass is 10.1. The Morgan fingerprint density at radius 3 is 3.04 bits per heavy atom. The second kappa shape index (κ2) is 13.3. The molecule has 0 aliphatic carbocycles. The average Bonchev–Trinajstić information content (AvgIpc) is 3.27. The summed E-state index contributed by atoms with van der Waals surface area (Å²) in [5.74, 6) is 1.90. The Morgan fingerprint density at radius 2 is 2.36 bits per heavy atom. The molecule has 25 heavy (non-hydrogen) atoms. The van der Waals surface area contributed by atoms with Crippen LogP contribution < -0.4 is 10.6 Å². The van der Waals surface area contributed by atoms with E-state index in [1.54, 1.807) is 7.05 Å². The normalized spacial score (nSPS) is 18.6. The number of ether oxygens (including phenoxy) is 2. The van der Waals surface area contributed by atoms with Gasteiger partial charge in [-0.05, 0) is 24.8 Å². The van der Waals surface area contributed by atoms with E-state index in [1.807, 2.05) is 23.1 Å². The highest BCUT2D eigenvalue weighted by Crippen LogP contribution is 2.12. The molecular weight excluding hydrogens is 433 g/mol. The number of halogens is 1. The minimum absolute atomic E-state index is 0. The third-order valence-electron chi connectivity index (χ3n) is 4.03. The van der Waals surface area contributed by atoms with Crippen LogP contribution in [0.3, 0.4) is 0 Å². The van der Waals surface area contributed by atoms with Gasteiger partial charge < -0.3 is 20.1 Å². The van der Waals surface area contributed by atoms with Crippen molar-refractivity contribution in [1.82, 2.24) is 20.4 Å².